The average molecular weight is 682 g/mol. The standard InChI is InChI=1S/C48H40B2N2O/c1-29-23-31(3)46(32(4)24-29)49-36-17-10-13-22-44(36)53-45-28-38-43(27-39(45)49)52-41-20-12-11-19-40(41)51(35-15-8-7-9-16-35)42-21-14-18-37(48(42)52)50(38)47-33(5)25-30(2)26-34(47)6/h7-28H,1-6H3. The molecule has 0 N–H and O–H groups in total. The number of aryl methyl sites for hydroxylation is 6. The molecule has 0 aliphatic carbocycles. The summed E-state index contributed by atoms with van der Waals surface area (Å²) in [5.41, 5.74) is 22.7. The lowest BCUT2D eigenvalue weighted by Crippen LogP contribution is -2.61. The molecule has 254 valence electrons. The van der Waals surface area contributed by atoms with E-state index in [1.165, 1.54) is 88.9 Å². The number of hydrogen-bond donors (Lipinski definition) is 0. The highest BCUT2D eigenvalue weighted by atomic mass is 16.5. The minimum Gasteiger partial charge on any atom is -0.458 e. The molecule has 3 aliphatic rings. The van der Waals surface area contributed by atoms with Crippen molar-refractivity contribution < 1.29 is 4.74 Å². The van der Waals surface area contributed by atoms with Crippen LogP contribution in [0, 0.1) is 41.5 Å². The van der Waals surface area contributed by atoms with Gasteiger partial charge < -0.3 is 14.5 Å². The molecule has 3 aliphatic heterocycles. The lowest BCUT2D eigenvalue weighted by molar-refractivity contribution is 0.488. The SMILES string of the molecule is Cc1cc(C)c(B2c3ccccc3Oc3cc4c(cc32)N2c3ccccc3N(c3ccccc3)c3cccc(c32)B4c2c(C)cc(C)cc2C)c(C)c1. The summed E-state index contributed by atoms with van der Waals surface area (Å²) in [6.45, 7) is 13.5. The first-order valence-electron chi connectivity index (χ1n) is 18.8. The predicted octanol–water partition coefficient (Wildman–Crippen LogP) is 8.24. The molecule has 7 aromatic carbocycles. The van der Waals surface area contributed by atoms with Gasteiger partial charge in [-0.2, -0.15) is 0 Å². The Morgan fingerprint density at radius 1 is 0.396 bits per heavy atom. The number of anilines is 6. The Labute approximate surface area is 313 Å². The summed E-state index contributed by atoms with van der Waals surface area (Å²) in [5, 5.41) is 0. The molecule has 0 amide bonds. The Balaban J connectivity index is 1.32. The molecular weight excluding hydrogens is 642 g/mol. The third kappa shape index (κ3) is 4.69. The number of ether oxygens (including phenoxy) is 1. The van der Waals surface area contributed by atoms with Crippen molar-refractivity contribution >= 4 is 80.3 Å². The lowest BCUT2D eigenvalue weighted by atomic mass is 9.32. The maximum absolute atomic E-state index is 6.97. The van der Waals surface area contributed by atoms with Crippen LogP contribution in [0.5, 0.6) is 11.5 Å². The summed E-state index contributed by atoms with van der Waals surface area (Å²) in [5.74, 6) is 1.87. The van der Waals surface area contributed by atoms with Crippen molar-refractivity contribution in [3.8, 4) is 11.5 Å². The van der Waals surface area contributed by atoms with Gasteiger partial charge in [-0.15, -0.1) is 0 Å². The molecule has 0 atom stereocenters. The largest absolute Gasteiger partial charge is 0.458 e. The van der Waals surface area contributed by atoms with Gasteiger partial charge in [0.1, 0.15) is 11.5 Å². The van der Waals surface area contributed by atoms with Gasteiger partial charge in [0.25, 0.3) is 6.71 Å². The first-order chi connectivity index (χ1) is 25.8. The molecule has 0 fully saturated rings. The fourth-order valence-electron chi connectivity index (χ4n) is 9.92. The Morgan fingerprint density at radius 2 is 0.925 bits per heavy atom. The summed E-state index contributed by atoms with van der Waals surface area (Å²) < 4.78 is 6.97. The summed E-state index contributed by atoms with van der Waals surface area (Å²) in [4.78, 5) is 5.00. The first kappa shape index (κ1) is 31.8. The summed E-state index contributed by atoms with van der Waals surface area (Å²) in [6.07, 6.45) is 0. The number of para-hydroxylation sites is 5. The van der Waals surface area contributed by atoms with Gasteiger partial charge in [0, 0.05) is 11.4 Å². The average Bonchev–Trinajstić information content (AvgIpc) is 3.14. The maximum atomic E-state index is 6.97. The van der Waals surface area contributed by atoms with E-state index < -0.39 is 0 Å². The van der Waals surface area contributed by atoms with Crippen molar-refractivity contribution in [3.05, 3.63) is 167 Å². The van der Waals surface area contributed by atoms with E-state index in [-0.39, 0.29) is 13.4 Å². The molecule has 0 radical (unpaired) electrons. The Kier molecular flexibility index (Phi) is 7.07. The molecule has 0 spiro atoms. The van der Waals surface area contributed by atoms with Crippen LogP contribution < -0.4 is 47.3 Å². The lowest BCUT2D eigenvalue weighted by Gasteiger charge is -2.46. The second kappa shape index (κ2) is 11.8. The van der Waals surface area contributed by atoms with Crippen LogP contribution in [0.25, 0.3) is 0 Å². The molecule has 3 nitrogen and oxygen atoms in total. The smallest absolute Gasteiger partial charge is 0.251 e. The topological polar surface area (TPSA) is 15.7 Å². The Hall–Kier alpha value is -5.93. The van der Waals surface area contributed by atoms with Crippen LogP contribution in [0.2, 0.25) is 0 Å². The Bertz CT molecular complexity index is 2600. The molecule has 5 heteroatoms. The molecule has 10 rings (SSSR count). The van der Waals surface area contributed by atoms with Crippen LogP contribution in [0.4, 0.5) is 34.1 Å². The number of nitrogens with zero attached hydrogens (tertiary/aromatic N) is 2. The van der Waals surface area contributed by atoms with E-state index in [9.17, 15) is 0 Å². The van der Waals surface area contributed by atoms with E-state index in [1.807, 2.05) is 0 Å². The summed E-state index contributed by atoms with van der Waals surface area (Å²) in [6, 6.07) is 49.4. The van der Waals surface area contributed by atoms with Gasteiger partial charge in [-0.3, -0.25) is 0 Å². The van der Waals surface area contributed by atoms with E-state index in [0.29, 0.717) is 0 Å². The van der Waals surface area contributed by atoms with Crippen LogP contribution in [-0.2, 0) is 0 Å². The molecule has 0 unspecified atom stereocenters. The van der Waals surface area contributed by atoms with Gasteiger partial charge in [0.2, 0.25) is 6.71 Å². The van der Waals surface area contributed by atoms with Crippen molar-refractivity contribution in [1.82, 2.24) is 0 Å². The third-order valence-electron chi connectivity index (χ3n) is 11.7. The zero-order chi connectivity index (χ0) is 36.1. The van der Waals surface area contributed by atoms with Gasteiger partial charge in [0.05, 0.1) is 22.7 Å². The fraction of sp³-hybridized carbons (Fsp3) is 0.125. The highest BCUT2D eigenvalue weighted by Crippen LogP contribution is 2.54. The van der Waals surface area contributed by atoms with Crippen LogP contribution in [0.1, 0.15) is 33.4 Å². The minimum atomic E-state index is 0.00653. The molecule has 3 heterocycles. The zero-order valence-electron chi connectivity index (χ0n) is 31.2. The van der Waals surface area contributed by atoms with Gasteiger partial charge in [-0.05, 0) is 112 Å². The molecule has 0 aromatic heterocycles. The summed E-state index contributed by atoms with van der Waals surface area (Å²) in [7, 11) is 0. The number of rotatable bonds is 3. The predicted molar refractivity (Wildman–Crippen MR) is 226 cm³/mol. The van der Waals surface area contributed by atoms with E-state index in [0.717, 1.165) is 22.9 Å². The van der Waals surface area contributed by atoms with Gasteiger partial charge >= 0.3 is 0 Å². The van der Waals surface area contributed by atoms with Crippen LogP contribution in [-0.4, -0.2) is 13.4 Å². The molecule has 0 bridgehead atoms. The molecule has 7 aromatic rings. The van der Waals surface area contributed by atoms with E-state index in [4.69, 9.17) is 4.74 Å². The highest BCUT2D eigenvalue weighted by Gasteiger charge is 2.44. The highest BCUT2D eigenvalue weighted by molar-refractivity contribution is 7.00. The van der Waals surface area contributed by atoms with E-state index in [2.05, 4.69) is 185 Å². The first-order valence-corrected chi connectivity index (χ1v) is 18.8. The van der Waals surface area contributed by atoms with Crippen molar-refractivity contribution in [2.45, 2.75) is 41.5 Å². The van der Waals surface area contributed by atoms with E-state index in [1.54, 1.807) is 0 Å². The zero-order valence-corrected chi connectivity index (χ0v) is 31.2. The Morgan fingerprint density at radius 3 is 1.58 bits per heavy atom. The van der Waals surface area contributed by atoms with Crippen molar-refractivity contribution in [2.24, 2.45) is 0 Å². The normalized spacial score (nSPS) is 13.5. The second-order valence-corrected chi connectivity index (χ2v) is 15.3. The molecular formula is C48H40B2N2O. The van der Waals surface area contributed by atoms with Crippen molar-refractivity contribution in [3.63, 3.8) is 0 Å². The van der Waals surface area contributed by atoms with E-state index >= 15 is 0 Å². The third-order valence-corrected chi connectivity index (χ3v) is 11.7. The number of hydrogen-bond acceptors (Lipinski definition) is 3. The maximum Gasteiger partial charge on any atom is 0.251 e. The van der Waals surface area contributed by atoms with Crippen LogP contribution in [0.3, 0.4) is 0 Å². The van der Waals surface area contributed by atoms with Gasteiger partial charge in [-0.1, -0.05) is 129 Å². The second-order valence-electron chi connectivity index (χ2n) is 15.3. The van der Waals surface area contributed by atoms with Gasteiger partial charge in [-0.25, -0.2) is 0 Å². The van der Waals surface area contributed by atoms with Crippen molar-refractivity contribution in [2.75, 3.05) is 9.80 Å². The molecule has 0 saturated heterocycles. The van der Waals surface area contributed by atoms with Crippen molar-refractivity contribution in [1.29, 1.82) is 0 Å². The minimum absolute atomic E-state index is 0.00653. The summed E-state index contributed by atoms with van der Waals surface area (Å²) >= 11 is 0. The quantitative estimate of drug-likeness (QED) is 0.175. The monoisotopic (exact) mass is 682 g/mol. The van der Waals surface area contributed by atoms with Gasteiger partial charge in [0.15, 0.2) is 0 Å². The number of benzene rings is 7. The molecule has 53 heavy (non-hydrogen) atoms. The van der Waals surface area contributed by atoms with Crippen LogP contribution >= 0.6 is 0 Å². The van der Waals surface area contributed by atoms with Crippen LogP contribution in [0.15, 0.2) is 133 Å². The fourth-order valence-corrected chi connectivity index (χ4v) is 9.92. The molecule has 0 saturated carbocycles. The number of fused-ring (bicyclic) bond motifs is 6.